The van der Waals surface area contributed by atoms with Gasteiger partial charge >= 0.3 is 0 Å². The molecule has 8 heteroatoms. The Hall–Kier alpha value is -2.77. The van der Waals surface area contributed by atoms with Crippen molar-refractivity contribution in [1.29, 1.82) is 0 Å². The number of H-pyrrole nitrogens is 1. The fourth-order valence-electron chi connectivity index (χ4n) is 1.10. The van der Waals surface area contributed by atoms with E-state index in [9.17, 15) is 10.1 Å². The van der Waals surface area contributed by atoms with Gasteiger partial charge in [-0.1, -0.05) is 5.22 Å². The summed E-state index contributed by atoms with van der Waals surface area (Å²) in [6.45, 7) is 0. The van der Waals surface area contributed by atoms with Gasteiger partial charge in [-0.2, -0.15) is 5.10 Å². The van der Waals surface area contributed by atoms with Gasteiger partial charge in [-0.3, -0.25) is 20.6 Å². The molecule has 0 radical (unpaired) electrons. The first kappa shape index (κ1) is 10.7. The first-order valence-corrected chi connectivity index (χ1v) is 4.66. The summed E-state index contributed by atoms with van der Waals surface area (Å²) in [6, 6.07) is 7.51. The van der Waals surface area contributed by atoms with Crippen molar-refractivity contribution in [3.8, 4) is 0 Å². The molecule has 0 saturated carbocycles. The van der Waals surface area contributed by atoms with E-state index in [1.165, 1.54) is 12.1 Å². The molecular formula is C9H8N6O2. The zero-order valence-electron chi connectivity index (χ0n) is 8.57. The Balaban J connectivity index is 1.97. The number of rotatable bonds is 4. The van der Waals surface area contributed by atoms with Crippen LogP contribution in [0, 0.1) is 10.1 Å². The van der Waals surface area contributed by atoms with Gasteiger partial charge in [0.15, 0.2) is 5.82 Å². The van der Waals surface area contributed by atoms with E-state index in [0.29, 0.717) is 11.5 Å². The van der Waals surface area contributed by atoms with Gasteiger partial charge in [0, 0.05) is 18.2 Å². The summed E-state index contributed by atoms with van der Waals surface area (Å²) in [5.74, 6) is 0.513. The van der Waals surface area contributed by atoms with E-state index in [0.717, 1.165) is 0 Å². The number of hydrogen-bond acceptors (Lipinski definition) is 5. The third kappa shape index (κ3) is 2.84. The Bertz CT molecular complexity index is 519. The van der Waals surface area contributed by atoms with Crippen LogP contribution in [0.25, 0.3) is 0 Å². The molecule has 8 nitrogen and oxygen atoms in total. The van der Waals surface area contributed by atoms with Crippen LogP contribution in [0.3, 0.4) is 0 Å². The summed E-state index contributed by atoms with van der Waals surface area (Å²) in [5, 5.41) is 24.2. The lowest BCUT2D eigenvalue weighted by Crippen LogP contribution is -1.89. The second-order valence-corrected chi connectivity index (χ2v) is 3.06. The molecule has 2 N–H and O–H groups in total. The van der Waals surface area contributed by atoms with Gasteiger partial charge in [0.2, 0.25) is 0 Å². The Labute approximate surface area is 95.5 Å². The predicted octanol–water partition coefficient (Wildman–Crippen LogP) is 2.43. The fraction of sp³-hybridized carbons (Fsp3) is 0. The Morgan fingerprint density at radius 2 is 2.06 bits per heavy atom. The maximum atomic E-state index is 10.4. The highest BCUT2D eigenvalue weighted by Crippen LogP contribution is 2.15. The van der Waals surface area contributed by atoms with Crippen molar-refractivity contribution in [1.82, 2.24) is 10.2 Å². The summed E-state index contributed by atoms with van der Waals surface area (Å²) in [7, 11) is 0. The molecule has 1 heterocycles. The van der Waals surface area contributed by atoms with Gasteiger partial charge in [0.05, 0.1) is 16.8 Å². The summed E-state index contributed by atoms with van der Waals surface area (Å²) < 4.78 is 0. The molecule has 0 aliphatic carbocycles. The topological polar surface area (TPSA) is 109 Å². The highest BCUT2D eigenvalue weighted by atomic mass is 16.6. The zero-order valence-corrected chi connectivity index (χ0v) is 8.57. The van der Waals surface area contributed by atoms with Gasteiger partial charge in [-0.25, -0.2) is 0 Å². The molecule has 0 spiro atoms. The van der Waals surface area contributed by atoms with E-state index in [1.807, 2.05) is 0 Å². The van der Waals surface area contributed by atoms with Gasteiger partial charge in [-0.05, 0) is 12.1 Å². The Kier molecular flexibility index (Phi) is 3.05. The van der Waals surface area contributed by atoms with E-state index >= 15 is 0 Å². The third-order valence-electron chi connectivity index (χ3n) is 1.90. The van der Waals surface area contributed by atoms with Gasteiger partial charge in [-0.15, -0.1) is 5.11 Å². The average Bonchev–Trinajstić information content (AvgIpc) is 2.83. The number of aromatic nitrogens is 2. The van der Waals surface area contributed by atoms with Crippen LogP contribution in [0.15, 0.2) is 46.9 Å². The van der Waals surface area contributed by atoms with Crippen LogP contribution >= 0.6 is 0 Å². The van der Waals surface area contributed by atoms with Crippen LogP contribution in [0.5, 0.6) is 0 Å². The third-order valence-corrected chi connectivity index (χ3v) is 1.90. The number of non-ortho nitro benzene ring substituents is 1. The molecule has 0 fully saturated rings. The lowest BCUT2D eigenvalue weighted by molar-refractivity contribution is -0.384. The Morgan fingerprint density at radius 1 is 1.29 bits per heavy atom. The van der Waals surface area contributed by atoms with Crippen molar-refractivity contribution < 1.29 is 4.92 Å². The predicted molar refractivity (Wildman–Crippen MR) is 59.8 cm³/mol. The molecule has 86 valence electrons. The van der Waals surface area contributed by atoms with E-state index in [2.05, 4.69) is 26.0 Å². The normalized spacial score (nSPS) is 10.6. The van der Waals surface area contributed by atoms with E-state index in [4.69, 9.17) is 0 Å². The smallest absolute Gasteiger partial charge is 0.260 e. The highest BCUT2D eigenvalue weighted by Gasteiger charge is 2.02. The second-order valence-electron chi connectivity index (χ2n) is 3.06. The monoisotopic (exact) mass is 232 g/mol. The standard InChI is InChI=1S/C9H8N6O2/c16-15(17)8-3-1-7(2-4-8)11-14-13-9-5-6-10-12-9/h1-6H,(H2,10,11,12,13). The lowest BCUT2D eigenvalue weighted by Gasteiger charge is -1.97. The summed E-state index contributed by atoms with van der Waals surface area (Å²) in [4.78, 5) is 9.95. The molecule has 0 saturated heterocycles. The van der Waals surface area contributed by atoms with Crippen LogP contribution in [-0.4, -0.2) is 15.1 Å². The minimum Gasteiger partial charge on any atom is -0.260 e. The SMILES string of the molecule is O=[N+]([O-])c1ccc(NN=Nc2ccn[nH]2)cc1. The summed E-state index contributed by atoms with van der Waals surface area (Å²) in [6.07, 6.45) is 1.56. The number of benzene rings is 1. The van der Waals surface area contributed by atoms with Gasteiger partial charge in [0.1, 0.15) is 0 Å². The number of nitro benzene ring substituents is 1. The minimum atomic E-state index is -0.462. The fourth-order valence-corrected chi connectivity index (χ4v) is 1.10. The zero-order chi connectivity index (χ0) is 12.1. The Morgan fingerprint density at radius 3 is 2.65 bits per heavy atom. The van der Waals surface area contributed by atoms with Crippen molar-refractivity contribution in [3.05, 3.63) is 46.6 Å². The van der Waals surface area contributed by atoms with Crippen LogP contribution in [-0.2, 0) is 0 Å². The molecule has 0 atom stereocenters. The molecule has 0 unspecified atom stereocenters. The van der Waals surface area contributed by atoms with Crippen LogP contribution in [0.1, 0.15) is 0 Å². The first-order chi connectivity index (χ1) is 8.25. The number of anilines is 1. The number of nitro groups is 1. The summed E-state index contributed by atoms with van der Waals surface area (Å²) >= 11 is 0. The molecule has 2 rings (SSSR count). The number of hydrogen-bond donors (Lipinski definition) is 2. The largest absolute Gasteiger partial charge is 0.269 e. The maximum absolute atomic E-state index is 10.4. The minimum absolute atomic E-state index is 0.0288. The quantitative estimate of drug-likeness (QED) is 0.479. The van der Waals surface area contributed by atoms with E-state index in [1.54, 1.807) is 24.4 Å². The van der Waals surface area contributed by atoms with Crippen LogP contribution in [0.4, 0.5) is 17.2 Å². The number of nitrogens with one attached hydrogen (secondary N) is 2. The molecular weight excluding hydrogens is 224 g/mol. The molecule has 0 aliphatic rings. The van der Waals surface area contributed by atoms with E-state index in [-0.39, 0.29) is 5.69 Å². The molecule has 0 amide bonds. The molecule has 1 aromatic carbocycles. The molecule has 0 aliphatic heterocycles. The maximum Gasteiger partial charge on any atom is 0.269 e. The van der Waals surface area contributed by atoms with Gasteiger partial charge in [0.25, 0.3) is 5.69 Å². The highest BCUT2D eigenvalue weighted by molar-refractivity contribution is 5.47. The van der Waals surface area contributed by atoms with Gasteiger partial charge < -0.3 is 0 Å². The van der Waals surface area contributed by atoms with Crippen molar-refractivity contribution in [2.75, 3.05) is 5.43 Å². The van der Waals surface area contributed by atoms with Crippen molar-refractivity contribution in [2.24, 2.45) is 10.3 Å². The molecule has 0 bridgehead atoms. The van der Waals surface area contributed by atoms with Crippen LogP contribution < -0.4 is 5.43 Å². The van der Waals surface area contributed by atoms with Crippen molar-refractivity contribution in [3.63, 3.8) is 0 Å². The van der Waals surface area contributed by atoms with Crippen LogP contribution in [0.2, 0.25) is 0 Å². The van der Waals surface area contributed by atoms with Crippen molar-refractivity contribution >= 4 is 17.2 Å². The lowest BCUT2D eigenvalue weighted by atomic mass is 10.3. The summed E-state index contributed by atoms with van der Waals surface area (Å²) in [5.41, 5.74) is 3.28. The molecule has 1 aromatic heterocycles. The van der Waals surface area contributed by atoms with Crippen molar-refractivity contribution in [2.45, 2.75) is 0 Å². The average molecular weight is 232 g/mol. The first-order valence-electron chi connectivity index (χ1n) is 4.66. The molecule has 17 heavy (non-hydrogen) atoms. The van der Waals surface area contributed by atoms with E-state index < -0.39 is 4.92 Å². The molecule has 2 aromatic rings. The number of aromatic amines is 1. The number of nitrogens with zero attached hydrogens (tertiary/aromatic N) is 4. The second kappa shape index (κ2) is 4.84.